The smallest absolute Gasteiger partial charge is 0.217 e. The molecule has 172 valence electrons. The Bertz CT molecular complexity index is 512. The second-order valence-electron chi connectivity index (χ2n) is 8.83. The van der Waals surface area contributed by atoms with Crippen LogP contribution in [0.4, 0.5) is 0 Å². The minimum Gasteiger partial charge on any atom is -0.394 e. The highest BCUT2D eigenvalue weighted by atomic mass is 16.7. The summed E-state index contributed by atoms with van der Waals surface area (Å²) in [5.41, 5.74) is -0.352. The molecule has 0 aromatic heterocycles. The van der Waals surface area contributed by atoms with Crippen molar-refractivity contribution in [2.75, 3.05) is 6.61 Å². The van der Waals surface area contributed by atoms with E-state index in [1.54, 1.807) is 6.92 Å². The van der Waals surface area contributed by atoms with E-state index in [0.717, 1.165) is 0 Å². The first-order chi connectivity index (χ1) is 13.3. The summed E-state index contributed by atoms with van der Waals surface area (Å²) in [6.07, 6.45) is -10.2. The van der Waals surface area contributed by atoms with Crippen molar-refractivity contribution in [1.29, 1.82) is 0 Å². The molecule has 0 unspecified atom stereocenters. The van der Waals surface area contributed by atoms with Crippen LogP contribution in [0.25, 0.3) is 0 Å². The Morgan fingerprint density at radius 3 is 2.17 bits per heavy atom. The zero-order chi connectivity index (χ0) is 22.5. The van der Waals surface area contributed by atoms with E-state index in [1.165, 1.54) is 6.92 Å². The zero-order valence-electron chi connectivity index (χ0n) is 17.7. The summed E-state index contributed by atoms with van der Waals surface area (Å²) in [4.78, 5) is 11.6. The maximum atomic E-state index is 11.6. The van der Waals surface area contributed by atoms with Gasteiger partial charge in [-0.2, -0.15) is 0 Å². The number of amides is 1. The van der Waals surface area contributed by atoms with Crippen molar-refractivity contribution in [2.45, 2.75) is 103 Å². The number of ether oxygens (including phenoxy) is 2. The minimum absolute atomic E-state index is 0.215. The van der Waals surface area contributed by atoms with Crippen molar-refractivity contribution in [3.8, 4) is 0 Å². The average Bonchev–Trinajstić information content (AvgIpc) is 2.63. The summed E-state index contributed by atoms with van der Waals surface area (Å²) in [6.45, 7) is 7.94. The molecule has 0 spiro atoms. The van der Waals surface area contributed by atoms with Gasteiger partial charge in [-0.15, -0.1) is 0 Å². The normalized spacial score (nSPS) is 32.3. The number of hydrogen-bond acceptors (Lipinski definition) is 9. The van der Waals surface area contributed by atoms with Gasteiger partial charge < -0.3 is 45.4 Å². The van der Waals surface area contributed by atoms with E-state index in [4.69, 9.17) is 9.47 Å². The number of carbonyl (C=O) groups is 1. The first kappa shape index (κ1) is 26.2. The molecule has 7 N–H and O–H groups in total. The molecule has 10 nitrogen and oxygen atoms in total. The highest BCUT2D eigenvalue weighted by molar-refractivity contribution is 5.73. The van der Waals surface area contributed by atoms with Crippen LogP contribution >= 0.6 is 0 Å². The van der Waals surface area contributed by atoms with Gasteiger partial charge in [0, 0.05) is 6.92 Å². The van der Waals surface area contributed by atoms with Crippen molar-refractivity contribution < 1.29 is 44.9 Å². The Balaban J connectivity index is 3.14. The number of aliphatic hydroxyl groups excluding tert-OH is 6. The van der Waals surface area contributed by atoms with Crippen LogP contribution in [0.3, 0.4) is 0 Å². The Morgan fingerprint density at radius 2 is 1.72 bits per heavy atom. The van der Waals surface area contributed by atoms with Gasteiger partial charge in [0.05, 0.1) is 18.8 Å². The average molecular weight is 424 g/mol. The number of rotatable bonds is 9. The number of nitrogens with one attached hydrogen (secondary N) is 1. The van der Waals surface area contributed by atoms with Crippen LogP contribution in [0.1, 0.15) is 47.5 Å². The SMILES string of the molecule is CC[C@@H](O)[C@@H](O)[C@H](O)[C@@H](CC(C)(C)C)O[C@@H]1O[C@H](CO)[C@@H](O)[C@H](O)[C@H]1NC(C)=O. The van der Waals surface area contributed by atoms with Crippen molar-refractivity contribution >= 4 is 5.91 Å². The van der Waals surface area contributed by atoms with Crippen molar-refractivity contribution in [3.05, 3.63) is 0 Å². The summed E-state index contributed by atoms with van der Waals surface area (Å²) in [6, 6.07) is -1.17. The van der Waals surface area contributed by atoms with E-state index in [-0.39, 0.29) is 18.3 Å². The van der Waals surface area contributed by atoms with E-state index in [9.17, 15) is 35.4 Å². The third kappa shape index (κ3) is 7.41. The monoisotopic (exact) mass is 423 g/mol. The summed E-state index contributed by atoms with van der Waals surface area (Å²) in [5.74, 6) is -0.504. The van der Waals surface area contributed by atoms with Crippen LogP contribution in [-0.4, -0.2) is 98.2 Å². The fourth-order valence-corrected chi connectivity index (χ4v) is 3.30. The molecule has 1 heterocycles. The molecule has 0 bridgehead atoms. The first-order valence-electron chi connectivity index (χ1n) is 9.91. The predicted octanol–water partition coefficient (Wildman–Crippen LogP) is -1.76. The summed E-state index contributed by atoms with van der Waals surface area (Å²) >= 11 is 0. The summed E-state index contributed by atoms with van der Waals surface area (Å²) < 4.78 is 11.4. The lowest BCUT2D eigenvalue weighted by molar-refractivity contribution is -0.295. The molecular formula is C19H37NO9. The van der Waals surface area contributed by atoms with Gasteiger partial charge in [0.25, 0.3) is 0 Å². The second-order valence-corrected chi connectivity index (χ2v) is 8.83. The lowest BCUT2D eigenvalue weighted by atomic mass is 9.85. The van der Waals surface area contributed by atoms with Crippen LogP contribution in [0, 0.1) is 5.41 Å². The molecule has 1 amide bonds. The zero-order valence-corrected chi connectivity index (χ0v) is 17.7. The van der Waals surface area contributed by atoms with Crippen LogP contribution in [0.2, 0.25) is 0 Å². The molecule has 1 aliphatic rings. The third-order valence-corrected chi connectivity index (χ3v) is 4.92. The summed E-state index contributed by atoms with van der Waals surface area (Å²) in [5, 5.41) is 63.2. The molecule has 0 aromatic rings. The van der Waals surface area contributed by atoms with Crippen molar-refractivity contribution in [1.82, 2.24) is 5.32 Å². The third-order valence-electron chi connectivity index (χ3n) is 4.92. The van der Waals surface area contributed by atoms with E-state index in [1.807, 2.05) is 20.8 Å². The maximum Gasteiger partial charge on any atom is 0.217 e. The summed E-state index contributed by atoms with van der Waals surface area (Å²) in [7, 11) is 0. The molecule has 1 fully saturated rings. The maximum absolute atomic E-state index is 11.6. The van der Waals surface area contributed by atoms with E-state index < -0.39 is 67.6 Å². The molecule has 0 saturated carbocycles. The fraction of sp³-hybridized carbons (Fsp3) is 0.947. The minimum atomic E-state index is -1.49. The van der Waals surface area contributed by atoms with Crippen LogP contribution in [0.5, 0.6) is 0 Å². The van der Waals surface area contributed by atoms with Gasteiger partial charge in [0.2, 0.25) is 5.91 Å². The molecular weight excluding hydrogens is 386 g/mol. The Labute approximate surface area is 171 Å². The van der Waals surface area contributed by atoms with Crippen LogP contribution < -0.4 is 5.32 Å². The lowest BCUT2D eigenvalue weighted by Crippen LogP contribution is -2.65. The lowest BCUT2D eigenvalue weighted by Gasteiger charge is -2.44. The molecule has 29 heavy (non-hydrogen) atoms. The predicted molar refractivity (Wildman–Crippen MR) is 103 cm³/mol. The molecule has 1 aliphatic heterocycles. The molecule has 0 aromatic carbocycles. The van der Waals surface area contributed by atoms with E-state index in [2.05, 4.69) is 5.32 Å². The van der Waals surface area contributed by atoms with Gasteiger partial charge in [-0.25, -0.2) is 0 Å². The second kappa shape index (κ2) is 11.0. The van der Waals surface area contributed by atoms with Crippen molar-refractivity contribution in [2.24, 2.45) is 5.41 Å². The Morgan fingerprint density at radius 1 is 1.14 bits per heavy atom. The number of aliphatic hydroxyl groups is 6. The molecule has 0 aliphatic carbocycles. The quantitative estimate of drug-likeness (QED) is 0.227. The number of hydrogen-bond donors (Lipinski definition) is 7. The van der Waals surface area contributed by atoms with Gasteiger partial charge >= 0.3 is 0 Å². The molecule has 10 heteroatoms. The van der Waals surface area contributed by atoms with Gasteiger partial charge in [0.1, 0.15) is 36.6 Å². The standard InChI is InChI=1S/C19H37NO9/c1-6-10(23)14(24)15(25)11(7-19(3,4)5)28-18-13(20-9(2)22)17(27)16(26)12(8-21)29-18/h10-18,21,23-27H,6-8H2,1-5H3,(H,20,22)/t10-,11-,12-,13-,14-,15-,16-,17-,18-/m1/s1. The van der Waals surface area contributed by atoms with E-state index >= 15 is 0 Å². The van der Waals surface area contributed by atoms with Gasteiger partial charge in [-0.05, 0) is 18.3 Å². The van der Waals surface area contributed by atoms with Crippen molar-refractivity contribution in [3.63, 3.8) is 0 Å². The van der Waals surface area contributed by atoms with Crippen LogP contribution in [0.15, 0.2) is 0 Å². The molecule has 0 radical (unpaired) electrons. The largest absolute Gasteiger partial charge is 0.394 e. The highest BCUT2D eigenvalue weighted by Gasteiger charge is 2.47. The van der Waals surface area contributed by atoms with Gasteiger partial charge in [-0.1, -0.05) is 27.7 Å². The van der Waals surface area contributed by atoms with Gasteiger partial charge in [-0.3, -0.25) is 4.79 Å². The highest BCUT2D eigenvalue weighted by Crippen LogP contribution is 2.30. The number of carbonyl (C=O) groups excluding carboxylic acids is 1. The fourth-order valence-electron chi connectivity index (χ4n) is 3.30. The van der Waals surface area contributed by atoms with Crippen LogP contribution in [-0.2, 0) is 14.3 Å². The Hall–Kier alpha value is -0.850. The van der Waals surface area contributed by atoms with Gasteiger partial charge in [0.15, 0.2) is 6.29 Å². The molecule has 1 saturated heterocycles. The topological polar surface area (TPSA) is 169 Å². The molecule has 1 rings (SSSR count). The Kier molecular flexibility index (Phi) is 9.90. The van der Waals surface area contributed by atoms with E-state index in [0.29, 0.717) is 0 Å². The molecule has 9 atom stereocenters. The first-order valence-corrected chi connectivity index (χ1v) is 9.91.